The van der Waals surface area contributed by atoms with Crippen LogP contribution < -0.4 is 10.0 Å². The number of nitrogens with one attached hydrogen (secondary N) is 2. The van der Waals surface area contributed by atoms with Gasteiger partial charge in [-0.15, -0.1) is 10.2 Å². The van der Waals surface area contributed by atoms with Crippen molar-refractivity contribution in [3.63, 3.8) is 0 Å². The number of rotatable bonds is 10. The van der Waals surface area contributed by atoms with E-state index in [4.69, 9.17) is 0 Å². The van der Waals surface area contributed by atoms with Gasteiger partial charge in [0.05, 0.1) is 0 Å². The van der Waals surface area contributed by atoms with E-state index in [9.17, 15) is 8.42 Å². The minimum absolute atomic E-state index is 0.309. The third-order valence-electron chi connectivity index (χ3n) is 3.05. The van der Waals surface area contributed by atoms with Gasteiger partial charge in [-0.1, -0.05) is 13.8 Å². The zero-order valence-corrected chi connectivity index (χ0v) is 14.0. The van der Waals surface area contributed by atoms with Gasteiger partial charge in [0, 0.05) is 39.6 Å². The van der Waals surface area contributed by atoms with Gasteiger partial charge in [0.15, 0.2) is 0 Å². The van der Waals surface area contributed by atoms with E-state index in [0.717, 1.165) is 18.8 Å². The van der Waals surface area contributed by atoms with Crippen LogP contribution in [0.25, 0.3) is 0 Å². The van der Waals surface area contributed by atoms with E-state index in [1.165, 1.54) is 4.31 Å². The standard InChI is InChI=1S/C12H26N6O2S/c1-11(2)13-7-5-9-18(4)21(19,20)15-8-6-12-16-14-10-17(12)3/h10-11,13,15H,5-9H2,1-4H3. The summed E-state index contributed by atoms with van der Waals surface area (Å²) in [5.41, 5.74) is 0. The molecular formula is C12H26N6O2S. The molecule has 0 spiro atoms. The number of aromatic nitrogens is 3. The van der Waals surface area contributed by atoms with Gasteiger partial charge in [-0.05, 0) is 13.0 Å². The van der Waals surface area contributed by atoms with Crippen molar-refractivity contribution in [3.05, 3.63) is 12.2 Å². The van der Waals surface area contributed by atoms with Crippen LogP contribution in [0.2, 0.25) is 0 Å². The lowest BCUT2D eigenvalue weighted by Gasteiger charge is -2.18. The molecule has 0 aromatic carbocycles. The van der Waals surface area contributed by atoms with Crippen LogP contribution in [0.3, 0.4) is 0 Å². The van der Waals surface area contributed by atoms with E-state index < -0.39 is 10.2 Å². The first-order chi connectivity index (χ1) is 9.83. The van der Waals surface area contributed by atoms with Gasteiger partial charge < -0.3 is 9.88 Å². The summed E-state index contributed by atoms with van der Waals surface area (Å²) in [4.78, 5) is 0. The molecule has 21 heavy (non-hydrogen) atoms. The molecule has 1 heterocycles. The van der Waals surface area contributed by atoms with Crippen molar-refractivity contribution >= 4 is 10.2 Å². The maximum absolute atomic E-state index is 12.0. The van der Waals surface area contributed by atoms with E-state index in [0.29, 0.717) is 25.6 Å². The van der Waals surface area contributed by atoms with Gasteiger partial charge in [0.1, 0.15) is 12.2 Å². The van der Waals surface area contributed by atoms with E-state index in [-0.39, 0.29) is 0 Å². The topological polar surface area (TPSA) is 92.2 Å². The molecule has 0 aliphatic carbocycles. The molecule has 122 valence electrons. The summed E-state index contributed by atoms with van der Waals surface area (Å²) in [5, 5.41) is 10.9. The number of aryl methyl sites for hydroxylation is 1. The predicted molar refractivity (Wildman–Crippen MR) is 82.0 cm³/mol. The molecule has 0 aliphatic heterocycles. The molecule has 1 aromatic heterocycles. The Hall–Kier alpha value is -1.03. The lowest BCUT2D eigenvalue weighted by atomic mass is 10.3. The fourth-order valence-electron chi connectivity index (χ4n) is 1.75. The van der Waals surface area contributed by atoms with E-state index in [2.05, 4.69) is 34.1 Å². The highest BCUT2D eigenvalue weighted by Gasteiger charge is 2.16. The van der Waals surface area contributed by atoms with Gasteiger partial charge in [0.25, 0.3) is 10.2 Å². The molecule has 8 nitrogen and oxygen atoms in total. The van der Waals surface area contributed by atoms with Crippen LogP contribution in [0.5, 0.6) is 0 Å². The first-order valence-corrected chi connectivity index (χ1v) is 8.54. The maximum Gasteiger partial charge on any atom is 0.279 e. The third-order valence-corrected chi connectivity index (χ3v) is 4.62. The average molecular weight is 318 g/mol. The van der Waals surface area contributed by atoms with Crippen LogP contribution in [0.15, 0.2) is 6.33 Å². The summed E-state index contributed by atoms with van der Waals surface area (Å²) in [7, 11) is -0.0146. The molecule has 2 N–H and O–H groups in total. The van der Waals surface area contributed by atoms with Crippen LogP contribution in [0.1, 0.15) is 26.1 Å². The van der Waals surface area contributed by atoms with Gasteiger partial charge >= 0.3 is 0 Å². The Kier molecular flexibility index (Phi) is 7.23. The van der Waals surface area contributed by atoms with Gasteiger partial charge in [-0.3, -0.25) is 0 Å². The van der Waals surface area contributed by atoms with Crippen LogP contribution in [0.4, 0.5) is 0 Å². The largest absolute Gasteiger partial charge is 0.321 e. The smallest absolute Gasteiger partial charge is 0.279 e. The van der Waals surface area contributed by atoms with Crippen LogP contribution in [0, 0.1) is 0 Å². The third kappa shape index (κ3) is 6.51. The summed E-state index contributed by atoms with van der Waals surface area (Å²) in [5.74, 6) is 0.751. The number of hydrogen-bond donors (Lipinski definition) is 2. The Labute approximate surface area is 127 Å². The molecule has 0 fully saturated rings. The predicted octanol–water partition coefficient (Wildman–Crippen LogP) is -0.488. The van der Waals surface area contributed by atoms with Crippen molar-refractivity contribution in [2.75, 3.05) is 26.7 Å². The molecule has 0 radical (unpaired) electrons. The lowest BCUT2D eigenvalue weighted by Crippen LogP contribution is -2.40. The quantitative estimate of drug-likeness (QED) is 0.568. The zero-order valence-electron chi connectivity index (χ0n) is 13.2. The van der Waals surface area contributed by atoms with Gasteiger partial charge in [0.2, 0.25) is 0 Å². The van der Waals surface area contributed by atoms with Gasteiger partial charge in [-0.25, -0.2) is 4.72 Å². The van der Waals surface area contributed by atoms with Crippen LogP contribution in [-0.4, -0.2) is 60.2 Å². The second-order valence-electron chi connectivity index (χ2n) is 5.29. The Morgan fingerprint density at radius 3 is 2.67 bits per heavy atom. The second-order valence-corrected chi connectivity index (χ2v) is 7.15. The first-order valence-electron chi connectivity index (χ1n) is 7.10. The van der Waals surface area contributed by atoms with E-state index in [1.54, 1.807) is 17.9 Å². The molecule has 9 heteroatoms. The minimum atomic E-state index is -3.43. The zero-order chi connectivity index (χ0) is 15.9. The first kappa shape index (κ1) is 18.0. The summed E-state index contributed by atoms with van der Waals surface area (Å²) in [6.45, 7) is 5.72. The normalized spacial score (nSPS) is 12.5. The van der Waals surface area contributed by atoms with Crippen molar-refractivity contribution in [2.45, 2.75) is 32.7 Å². The Balaban J connectivity index is 2.30. The fourth-order valence-corrected chi connectivity index (χ4v) is 2.70. The second kappa shape index (κ2) is 8.42. The Morgan fingerprint density at radius 2 is 2.10 bits per heavy atom. The molecule has 0 saturated heterocycles. The molecule has 0 unspecified atom stereocenters. The van der Waals surface area contributed by atoms with Crippen LogP contribution in [-0.2, 0) is 23.7 Å². The highest BCUT2D eigenvalue weighted by atomic mass is 32.2. The van der Waals surface area contributed by atoms with Crippen molar-refractivity contribution in [3.8, 4) is 0 Å². The maximum atomic E-state index is 12.0. The van der Waals surface area contributed by atoms with Crippen molar-refractivity contribution in [1.82, 2.24) is 29.1 Å². The molecule has 0 amide bonds. The van der Waals surface area contributed by atoms with Crippen molar-refractivity contribution in [1.29, 1.82) is 0 Å². The lowest BCUT2D eigenvalue weighted by molar-refractivity contribution is 0.439. The van der Waals surface area contributed by atoms with E-state index >= 15 is 0 Å². The molecular weight excluding hydrogens is 292 g/mol. The minimum Gasteiger partial charge on any atom is -0.321 e. The van der Waals surface area contributed by atoms with Crippen LogP contribution >= 0.6 is 0 Å². The van der Waals surface area contributed by atoms with Gasteiger partial charge in [-0.2, -0.15) is 12.7 Å². The fraction of sp³-hybridized carbons (Fsp3) is 0.833. The monoisotopic (exact) mass is 318 g/mol. The summed E-state index contributed by atoms with van der Waals surface area (Å²) >= 11 is 0. The Bertz CT molecular complexity index is 514. The van der Waals surface area contributed by atoms with Crippen molar-refractivity contribution < 1.29 is 8.42 Å². The summed E-state index contributed by atoms with van der Waals surface area (Å²) in [6.07, 6.45) is 2.88. The molecule has 1 rings (SSSR count). The number of nitrogens with zero attached hydrogens (tertiary/aromatic N) is 4. The SMILES string of the molecule is CC(C)NCCCN(C)S(=O)(=O)NCCc1nncn1C. The van der Waals surface area contributed by atoms with E-state index in [1.807, 2.05) is 7.05 Å². The summed E-state index contributed by atoms with van der Waals surface area (Å²) < 4.78 is 29.7. The molecule has 0 saturated carbocycles. The average Bonchev–Trinajstić information content (AvgIpc) is 2.80. The molecule has 0 atom stereocenters. The molecule has 0 bridgehead atoms. The highest BCUT2D eigenvalue weighted by Crippen LogP contribution is 1.97. The Morgan fingerprint density at radius 1 is 1.38 bits per heavy atom. The van der Waals surface area contributed by atoms with Crippen molar-refractivity contribution in [2.24, 2.45) is 7.05 Å². The molecule has 0 aliphatic rings. The number of hydrogen-bond acceptors (Lipinski definition) is 5. The summed E-state index contributed by atoms with van der Waals surface area (Å²) in [6, 6.07) is 0.413. The highest BCUT2D eigenvalue weighted by molar-refractivity contribution is 7.87. The molecule has 1 aromatic rings.